The second-order valence-corrected chi connectivity index (χ2v) is 7.84. The molecule has 23 heavy (non-hydrogen) atoms. The number of carbonyl (C=O) groups is 1. The van der Waals surface area contributed by atoms with Crippen LogP contribution in [-0.2, 0) is 22.3 Å². The Labute approximate surface area is 148 Å². The van der Waals surface area contributed by atoms with Crippen LogP contribution in [0.5, 0.6) is 0 Å². The number of hydrogen-bond acceptors (Lipinski definition) is 3. The van der Waals surface area contributed by atoms with Crippen LogP contribution >= 0.6 is 27.5 Å². The van der Waals surface area contributed by atoms with E-state index in [-0.39, 0.29) is 17.1 Å². The average molecular weight is 417 g/mol. The van der Waals surface area contributed by atoms with Gasteiger partial charge in [0.2, 0.25) is 10.0 Å². The predicted molar refractivity (Wildman–Crippen MR) is 94.3 cm³/mol. The molecule has 0 saturated heterocycles. The Morgan fingerprint density at radius 1 is 1.22 bits per heavy atom. The van der Waals surface area contributed by atoms with E-state index in [0.29, 0.717) is 17.0 Å². The molecule has 0 unspecified atom stereocenters. The fraction of sp³-hybridized carbons (Fsp3) is 0.188. The van der Waals surface area contributed by atoms with Crippen LogP contribution < -0.4 is 5.14 Å². The molecule has 0 atom stereocenters. The highest BCUT2D eigenvalue weighted by atomic mass is 79.9. The minimum absolute atomic E-state index is 0.0633. The molecule has 122 valence electrons. The Kier molecular flexibility index (Phi) is 5.62. The van der Waals surface area contributed by atoms with Gasteiger partial charge in [-0.3, -0.25) is 4.79 Å². The summed E-state index contributed by atoms with van der Waals surface area (Å²) in [5.74, 6) is 0.246. The van der Waals surface area contributed by atoms with Gasteiger partial charge >= 0.3 is 0 Å². The summed E-state index contributed by atoms with van der Waals surface area (Å²) in [6, 6.07) is 9.98. The summed E-state index contributed by atoms with van der Waals surface area (Å²) in [7, 11) is -3.75. The highest BCUT2D eigenvalue weighted by Gasteiger charge is 2.14. The molecule has 0 fully saturated rings. The highest BCUT2D eigenvalue weighted by molar-refractivity contribution is 9.10. The van der Waals surface area contributed by atoms with Gasteiger partial charge in [0.15, 0.2) is 5.78 Å². The van der Waals surface area contributed by atoms with Crippen molar-refractivity contribution in [3.63, 3.8) is 0 Å². The van der Waals surface area contributed by atoms with Crippen LogP contribution in [-0.4, -0.2) is 14.2 Å². The molecule has 0 radical (unpaired) electrons. The van der Waals surface area contributed by atoms with Gasteiger partial charge in [-0.25, -0.2) is 13.6 Å². The second-order valence-electron chi connectivity index (χ2n) is 5.18. The molecule has 2 aromatic rings. The lowest BCUT2D eigenvalue weighted by atomic mass is 10.0. The number of halogens is 2. The van der Waals surface area contributed by atoms with Crippen molar-refractivity contribution in [3.05, 3.63) is 63.1 Å². The smallest absolute Gasteiger partial charge is 0.238 e. The molecule has 0 spiro atoms. The van der Waals surface area contributed by atoms with Crippen LogP contribution in [0, 0.1) is 6.92 Å². The van der Waals surface area contributed by atoms with Crippen LogP contribution in [0.3, 0.4) is 0 Å². The molecule has 0 aliphatic heterocycles. The fourth-order valence-corrected chi connectivity index (χ4v) is 3.81. The summed E-state index contributed by atoms with van der Waals surface area (Å²) < 4.78 is 23.7. The normalized spacial score (nSPS) is 11.5. The third-order valence-corrected chi connectivity index (χ3v) is 5.55. The maximum absolute atomic E-state index is 12.4. The van der Waals surface area contributed by atoms with Crippen LogP contribution in [0.2, 0.25) is 0 Å². The van der Waals surface area contributed by atoms with Crippen molar-refractivity contribution in [2.24, 2.45) is 5.14 Å². The van der Waals surface area contributed by atoms with E-state index in [0.717, 1.165) is 15.6 Å². The summed E-state index contributed by atoms with van der Waals surface area (Å²) in [4.78, 5) is 12.5. The number of primary sulfonamides is 1. The molecule has 4 nitrogen and oxygen atoms in total. The number of alkyl halides is 1. The van der Waals surface area contributed by atoms with Gasteiger partial charge in [-0.05, 0) is 41.8 Å². The zero-order valence-electron chi connectivity index (χ0n) is 12.3. The lowest BCUT2D eigenvalue weighted by Gasteiger charge is -2.08. The maximum Gasteiger partial charge on any atom is 0.238 e. The van der Waals surface area contributed by atoms with Crippen molar-refractivity contribution in [3.8, 4) is 0 Å². The van der Waals surface area contributed by atoms with Gasteiger partial charge in [0.1, 0.15) is 0 Å². The molecule has 0 amide bonds. The standard InChI is InChI=1S/C16H15BrClNO3S/c1-10-6-11(2-5-16(10)23(19,21)22)7-15(20)12-3-4-14(17)13(8-12)9-18/h2-6,8H,7,9H2,1H3,(H2,19,21,22). The number of ketones is 1. The topological polar surface area (TPSA) is 77.2 Å². The number of hydrogen-bond donors (Lipinski definition) is 1. The maximum atomic E-state index is 12.4. The molecule has 2 aromatic carbocycles. The number of nitrogens with two attached hydrogens (primary N) is 1. The molecule has 0 saturated carbocycles. The number of Topliss-reactive ketones (excluding diaryl/α,β-unsaturated/α-hetero) is 1. The van der Waals surface area contributed by atoms with Gasteiger partial charge < -0.3 is 0 Å². The van der Waals surface area contributed by atoms with Gasteiger partial charge in [0.05, 0.1) is 4.90 Å². The third-order valence-electron chi connectivity index (χ3n) is 3.42. The lowest BCUT2D eigenvalue weighted by molar-refractivity contribution is 0.0993. The van der Waals surface area contributed by atoms with E-state index >= 15 is 0 Å². The van der Waals surface area contributed by atoms with Gasteiger partial charge in [0, 0.05) is 22.3 Å². The number of aryl methyl sites for hydroxylation is 1. The third kappa shape index (κ3) is 4.41. The van der Waals surface area contributed by atoms with Crippen molar-refractivity contribution in [1.29, 1.82) is 0 Å². The zero-order valence-corrected chi connectivity index (χ0v) is 15.5. The van der Waals surface area contributed by atoms with Crippen LogP contribution in [0.15, 0.2) is 45.8 Å². The van der Waals surface area contributed by atoms with Gasteiger partial charge in [-0.15, -0.1) is 11.6 Å². The van der Waals surface area contributed by atoms with Gasteiger partial charge in [-0.2, -0.15) is 0 Å². The molecule has 0 aromatic heterocycles. The SMILES string of the molecule is Cc1cc(CC(=O)c2ccc(Br)c(CCl)c2)ccc1S(N)(=O)=O. The molecule has 7 heteroatoms. The first-order valence-electron chi connectivity index (χ1n) is 6.72. The minimum Gasteiger partial charge on any atom is -0.294 e. The van der Waals surface area contributed by atoms with E-state index < -0.39 is 10.0 Å². The van der Waals surface area contributed by atoms with Crippen molar-refractivity contribution in [2.45, 2.75) is 24.1 Å². The molecule has 2 N–H and O–H groups in total. The summed E-state index contributed by atoms with van der Waals surface area (Å²) in [6.07, 6.45) is 0.176. The number of benzene rings is 2. The molecule has 0 aliphatic rings. The fourth-order valence-electron chi connectivity index (χ4n) is 2.28. The zero-order chi connectivity index (χ0) is 17.2. The molecular weight excluding hydrogens is 402 g/mol. The Morgan fingerprint density at radius 2 is 1.91 bits per heavy atom. The first-order valence-corrected chi connectivity index (χ1v) is 9.59. The van der Waals surface area contributed by atoms with Gasteiger partial charge in [0.25, 0.3) is 0 Å². The van der Waals surface area contributed by atoms with E-state index in [1.807, 2.05) is 0 Å². The Hall–Kier alpha value is -1.21. The average Bonchev–Trinajstić information content (AvgIpc) is 2.46. The molecule has 2 rings (SSSR count). The Morgan fingerprint density at radius 3 is 2.48 bits per heavy atom. The van der Waals surface area contributed by atoms with Crippen molar-refractivity contribution in [1.82, 2.24) is 0 Å². The number of sulfonamides is 1. The van der Waals surface area contributed by atoms with E-state index in [9.17, 15) is 13.2 Å². The van der Waals surface area contributed by atoms with Crippen LogP contribution in [0.25, 0.3) is 0 Å². The Bertz CT molecular complexity index is 866. The first-order chi connectivity index (χ1) is 10.7. The molecule has 0 bridgehead atoms. The van der Waals surface area contributed by atoms with Crippen LogP contribution in [0.1, 0.15) is 27.0 Å². The molecule has 0 heterocycles. The monoisotopic (exact) mass is 415 g/mol. The predicted octanol–water partition coefficient (Wildman–Crippen LogP) is 3.57. The number of rotatable bonds is 5. The largest absolute Gasteiger partial charge is 0.294 e. The van der Waals surface area contributed by atoms with Crippen LogP contribution in [0.4, 0.5) is 0 Å². The van der Waals surface area contributed by atoms with Crippen molar-refractivity contribution in [2.75, 3.05) is 0 Å². The first kappa shape index (κ1) is 18.1. The Balaban J connectivity index is 2.26. The van der Waals surface area contributed by atoms with E-state index in [1.54, 1.807) is 37.3 Å². The van der Waals surface area contributed by atoms with Crippen molar-refractivity contribution >= 4 is 43.3 Å². The molecular formula is C16H15BrClNO3S. The second kappa shape index (κ2) is 7.13. The van der Waals surface area contributed by atoms with Gasteiger partial charge in [-0.1, -0.05) is 34.1 Å². The van der Waals surface area contributed by atoms with E-state index in [2.05, 4.69) is 15.9 Å². The lowest BCUT2D eigenvalue weighted by Crippen LogP contribution is -2.14. The van der Waals surface area contributed by atoms with E-state index in [4.69, 9.17) is 16.7 Å². The highest BCUT2D eigenvalue weighted by Crippen LogP contribution is 2.22. The quantitative estimate of drug-likeness (QED) is 0.598. The minimum atomic E-state index is -3.75. The molecule has 0 aliphatic carbocycles. The summed E-state index contributed by atoms with van der Waals surface area (Å²) in [6.45, 7) is 1.65. The summed E-state index contributed by atoms with van der Waals surface area (Å²) in [5.41, 5.74) is 2.67. The van der Waals surface area contributed by atoms with Crippen molar-refractivity contribution < 1.29 is 13.2 Å². The summed E-state index contributed by atoms with van der Waals surface area (Å²) in [5, 5.41) is 5.13. The number of carbonyl (C=O) groups excluding carboxylic acids is 1. The summed E-state index contributed by atoms with van der Waals surface area (Å²) >= 11 is 9.22. The van der Waals surface area contributed by atoms with E-state index in [1.165, 1.54) is 6.07 Å².